The lowest BCUT2D eigenvalue weighted by molar-refractivity contribution is -0.0440. The van der Waals surface area contributed by atoms with Crippen LogP contribution in [0, 0.1) is 0 Å². The zero-order valence-corrected chi connectivity index (χ0v) is 24.3. The van der Waals surface area contributed by atoms with Gasteiger partial charge in [0, 0.05) is 37.3 Å². The summed E-state index contributed by atoms with van der Waals surface area (Å²) < 4.78 is 46.0. The minimum Gasteiger partial charge on any atom is -0.486 e. The molecule has 3 heterocycles. The number of aromatic nitrogens is 1. The van der Waals surface area contributed by atoms with Gasteiger partial charge in [0.15, 0.2) is 16.6 Å². The van der Waals surface area contributed by atoms with Crippen LogP contribution >= 0.6 is 11.3 Å². The molecule has 0 spiro atoms. The molecule has 1 fully saturated rings. The first kappa shape index (κ1) is 27.8. The number of rotatable bonds is 8. The fraction of sp³-hybridized carbons (Fsp3) is 0.481. The Labute approximate surface area is 233 Å². The molecule has 1 saturated heterocycles. The number of fused-ring (bicyclic) bond motifs is 2. The molecule has 0 saturated carbocycles. The Morgan fingerprint density at radius 3 is 2.31 bits per heavy atom. The van der Waals surface area contributed by atoms with Gasteiger partial charge in [-0.3, -0.25) is 9.69 Å². The summed E-state index contributed by atoms with van der Waals surface area (Å²) in [5.74, 6) is 1.09. The van der Waals surface area contributed by atoms with E-state index in [1.54, 1.807) is 17.0 Å². The summed E-state index contributed by atoms with van der Waals surface area (Å²) in [6.07, 6.45) is 0.382. The quantitative estimate of drug-likeness (QED) is 0.403. The van der Waals surface area contributed by atoms with Crippen LogP contribution in [0.2, 0.25) is 0 Å². The highest BCUT2D eigenvalue weighted by Gasteiger charge is 2.32. The van der Waals surface area contributed by atoms with Crippen molar-refractivity contribution in [2.45, 2.75) is 37.4 Å². The Morgan fingerprint density at radius 1 is 1.03 bits per heavy atom. The molecule has 3 aromatic rings. The largest absolute Gasteiger partial charge is 0.486 e. The van der Waals surface area contributed by atoms with Gasteiger partial charge in [0.05, 0.1) is 27.3 Å². The number of carbonyl (C=O) groups is 1. The standard InChI is InChI=1S/C27H34N4O6S2/c1-18-16-30(17-19(2)37-18)39(33,34)21-8-6-20(7-9-21)26(32)31(11-5-10-29(3)4)27-28-22-14-23-24(15-25(22)38-27)36-13-12-35-23/h6-9,14-15,18-19H,5,10-13,16-17H2,1-4H3. The predicted octanol–water partition coefficient (Wildman–Crippen LogP) is 3.46. The molecule has 2 aliphatic heterocycles. The predicted molar refractivity (Wildman–Crippen MR) is 151 cm³/mol. The van der Waals surface area contributed by atoms with Gasteiger partial charge in [-0.1, -0.05) is 11.3 Å². The van der Waals surface area contributed by atoms with Crippen molar-refractivity contribution in [1.29, 1.82) is 0 Å². The van der Waals surface area contributed by atoms with Crippen molar-refractivity contribution in [1.82, 2.24) is 14.2 Å². The molecule has 2 atom stereocenters. The molecule has 1 amide bonds. The minimum absolute atomic E-state index is 0.157. The molecule has 1 aromatic heterocycles. The first-order valence-electron chi connectivity index (χ1n) is 13.0. The normalized spacial score (nSPS) is 19.9. The Hall–Kier alpha value is -2.77. The summed E-state index contributed by atoms with van der Waals surface area (Å²) in [6.45, 7) is 6.57. The number of anilines is 1. The topological polar surface area (TPSA) is 102 Å². The van der Waals surface area contributed by atoms with Crippen LogP contribution in [-0.2, 0) is 14.8 Å². The lowest BCUT2D eigenvalue weighted by Gasteiger charge is -2.34. The van der Waals surface area contributed by atoms with Crippen LogP contribution in [-0.4, -0.2) is 94.2 Å². The molecule has 0 N–H and O–H groups in total. The van der Waals surface area contributed by atoms with Crippen molar-refractivity contribution in [3.63, 3.8) is 0 Å². The van der Waals surface area contributed by atoms with Gasteiger partial charge < -0.3 is 19.1 Å². The van der Waals surface area contributed by atoms with Gasteiger partial charge >= 0.3 is 0 Å². The Morgan fingerprint density at radius 2 is 1.67 bits per heavy atom. The summed E-state index contributed by atoms with van der Waals surface area (Å²) in [7, 11) is 0.276. The highest BCUT2D eigenvalue weighted by molar-refractivity contribution is 7.89. The molecule has 2 unspecified atom stereocenters. The number of nitrogens with zero attached hydrogens (tertiary/aromatic N) is 4. The molecule has 0 bridgehead atoms. The maximum absolute atomic E-state index is 13.8. The van der Waals surface area contributed by atoms with Crippen molar-refractivity contribution in [2.24, 2.45) is 0 Å². The zero-order valence-electron chi connectivity index (χ0n) is 22.6. The van der Waals surface area contributed by atoms with Crippen LogP contribution < -0.4 is 14.4 Å². The van der Waals surface area contributed by atoms with Crippen LogP contribution in [0.5, 0.6) is 11.5 Å². The number of hydrogen-bond acceptors (Lipinski definition) is 9. The molecule has 5 rings (SSSR count). The first-order chi connectivity index (χ1) is 18.6. The van der Waals surface area contributed by atoms with Crippen LogP contribution in [0.15, 0.2) is 41.3 Å². The first-order valence-corrected chi connectivity index (χ1v) is 15.3. The number of hydrogen-bond donors (Lipinski definition) is 0. The molecular formula is C27H34N4O6S2. The Balaban J connectivity index is 1.41. The number of thiazole rings is 1. The van der Waals surface area contributed by atoms with E-state index in [4.69, 9.17) is 19.2 Å². The van der Waals surface area contributed by atoms with Gasteiger partial charge in [-0.25, -0.2) is 13.4 Å². The van der Waals surface area contributed by atoms with E-state index in [-0.39, 0.29) is 23.0 Å². The zero-order chi connectivity index (χ0) is 27.7. The van der Waals surface area contributed by atoms with E-state index in [0.717, 1.165) is 23.2 Å². The van der Waals surface area contributed by atoms with Crippen LogP contribution in [0.4, 0.5) is 5.13 Å². The van der Waals surface area contributed by atoms with Gasteiger partial charge in [-0.15, -0.1) is 0 Å². The summed E-state index contributed by atoms with van der Waals surface area (Å²) in [5, 5.41) is 0.573. The van der Waals surface area contributed by atoms with E-state index >= 15 is 0 Å². The van der Waals surface area contributed by atoms with E-state index in [0.29, 0.717) is 55.0 Å². The maximum atomic E-state index is 13.8. The molecular weight excluding hydrogens is 540 g/mol. The van der Waals surface area contributed by atoms with Crippen LogP contribution in [0.25, 0.3) is 10.2 Å². The second-order valence-electron chi connectivity index (χ2n) is 10.2. The highest BCUT2D eigenvalue weighted by Crippen LogP contribution is 2.39. The second-order valence-corrected chi connectivity index (χ2v) is 13.1. The van der Waals surface area contributed by atoms with Gasteiger partial charge in [0.2, 0.25) is 10.0 Å². The number of carbonyl (C=O) groups excluding carboxylic acids is 1. The second kappa shape index (κ2) is 11.4. The number of benzene rings is 2. The lowest BCUT2D eigenvalue weighted by Crippen LogP contribution is -2.48. The Kier molecular flexibility index (Phi) is 8.11. The average molecular weight is 575 g/mol. The average Bonchev–Trinajstić information content (AvgIpc) is 3.31. The summed E-state index contributed by atoms with van der Waals surface area (Å²) in [5.41, 5.74) is 1.13. The van der Waals surface area contributed by atoms with Crippen molar-refractivity contribution < 1.29 is 27.4 Å². The highest BCUT2D eigenvalue weighted by atomic mass is 32.2. The third-order valence-corrected chi connectivity index (χ3v) is 9.52. The van der Waals surface area contributed by atoms with Crippen LogP contribution in [0.1, 0.15) is 30.6 Å². The van der Waals surface area contributed by atoms with Gasteiger partial charge in [-0.05, 0) is 65.2 Å². The molecule has 2 aliphatic rings. The van der Waals surface area contributed by atoms with E-state index in [2.05, 4.69) is 4.90 Å². The van der Waals surface area contributed by atoms with Gasteiger partial charge in [0.25, 0.3) is 5.91 Å². The fourth-order valence-electron chi connectivity index (χ4n) is 4.80. The van der Waals surface area contributed by atoms with E-state index in [1.807, 2.05) is 40.1 Å². The molecule has 0 aliphatic carbocycles. The van der Waals surface area contributed by atoms with Crippen molar-refractivity contribution in [2.75, 3.05) is 58.4 Å². The molecule has 39 heavy (non-hydrogen) atoms. The number of morpholine rings is 1. The summed E-state index contributed by atoms with van der Waals surface area (Å²) in [4.78, 5) is 22.4. The van der Waals surface area contributed by atoms with Crippen LogP contribution in [0.3, 0.4) is 0 Å². The summed E-state index contributed by atoms with van der Waals surface area (Å²) in [6, 6.07) is 9.92. The number of sulfonamides is 1. The van der Waals surface area contributed by atoms with E-state index < -0.39 is 10.0 Å². The summed E-state index contributed by atoms with van der Waals surface area (Å²) >= 11 is 1.42. The molecule has 210 valence electrons. The van der Waals surface area contributed by atoms with E-state index in [1.165, 1.54) is 27.8 Å². The van der Waals surface area contributed by atoms with Crippen molar-refractivity contribution >= 4 is 42.6 Å². The number of ether oxygens (including phenoxy) is 3. The fourth-order valence-corrected chi connectivity index (χ4v) is 7.39. The molecule has 2 aromatic carbocycles. The molecule has 10 nitrogen and oxygen atoms in total. The third kappa shape index (κ3) is 6.04. The minimum atomic E-state index is -3.70. The molecule has 0 radical (unpaired) electrons. The third-order valence-electron chi connectivity index (χ3n) is 6.63. The smallest absolute Gasteiger partial charge is 0.260 e. The number of amides is 1. The maximum Gasteiger partial charge on any atom is 0.260 e. The van der Waals surface area contributed by atoms with Crippen molar-refractivity contribution in [3.05, 3.63) is 42.0 Å². The van der Waals surface area contributed by atoms with Gasteiger partial charge in [-0.2, -0.15) is 4.31 Å². The van der Waals surface area contributed by atoms with E-state index in [9.17, 15) is 13.2 Å². The SMILES string of the molecule is CC1CN(S(=O)(=O)c2ccc(C(=O)N(CCCN(C)C)c3nc4cc5c(cc4s3)OCCO5)cc2)CC(C)O1. The lowest BCUT2D eigenvalue weighted by atomic mass is 10.2. The monoisotopic (exact) mass is 574 g/mol. The van der Waals surface area contributed by atoms with Crippen molar-refractivity contribution in [3.8, 4) is 11.5 Å². The Bertz CT molecular complexity index is 1390. The van der Waals surface area contributed by atoms with Gasteiger partial charge in [0.1, 0.15) is 13.2 Å². The molecule has 12 heteroatoms.